The van der Waals surface area contributed by atoms with Crippen LogP contribution < -0.4 is 0 Å². The molecule has 1 amide bonds. The molecule has 1 heterocycles. The van der Waals surface area contributed by atoms with Gasteiger partial charge in [0.2, 0.25) is 0 Å². The van der Waals surface area contributed by atoms with E-state index in [0.717, 1.165) is 6.07 Å². The fourth-order valence-corrected chi connectivity index (χ4v) is 4.75. The molecule has 0 aromatic heterocycles. The summed E-state index contributed by atoms with van der Waals surface area (Å²) < 4.78 is 121. The fourth-order valence-electron chi connectivity index (χ4n) is 4.75. The van der Waals surface area contributed by atoms with Crippen LogP contribution >= 0.6 is 0 Å². The van der Waals surface area contributed by atoms with E-state index in [-0.39, 0.29) is 51.1 Å². The second-order valence-corrected chi connectivity index (χ2v) is 9.08. The minimum absolute atomic E-state index is 0.0156. The standard InChI is InChI=1S/C22H23F9N2O4/c23-20(24,25)14-4-3-13(11-15(14)19(17(34)35)5-1-2-6-19)12-32-7-9-33(10-8-32)18(36)37-16(21(26,27)28)22(29,30)31/h3-4,11,16H,1-2,5-10,12H2,(H,34,35). The van der Waals surface area contributed by atoms with Crippen LogP contribution in [-0.4, -0.2) is 71.6 Å². The first-order valence-corrected chi connectivity index (χ1v) is 11.2. The Morgan fingerprint density at radius 1 is 0.919 bits per heavy atom. The molecule has 208 valence electrons. The summed E-state index contributed by atoms with van der Waals surface area (Å²) in [5, 5.41) is 9.80. The molecule has 1 aliphatic carbocycles. The van der Waals surface area contributed by atoms with E-state index >= 15 is 0 Å². The van der Waals surface area contributed by atoms with Gasteiger partial charge in [-0.1, -0.05) is 25.0 Å². The van der Waals surface area contributed by atoms with Crippen LogP contribution in [0.2, 0.25) is 0 Å². The molecule has 1 aliphatic heterocycles. The van der Waals surface area contributed by atoms with Crippen molar-refractivity contribution in [2.24, 2.45) is 0 Å². The second-order valence-electron chi connectivity index (χ2n) is 9.08. The van der Waals surface area contributed by atoms with Crippen molar-refractivity contribution in [1.29, 1.82) is 0 Å². The Bertz CT molecular complexity index is 979. The first kappa shape index (κ1) is 28.9. The lowest BCUT2D eigenvalue weighted by Gasteiger charge is -2.35. The van der Waals surface area contributed by atoms with Crippen LogP contribution in [-0.2, 0) is 27.7 Å². The van der Waals surface area contributed by atoms with E-state index in [1.165, 1.54) is 12.1 Å². The van der Waals surface area contributed by atoms with Gasteiger partial charge in [-0.2, -0.15) is 39.5 Å². The zero-order chi connectivity index (χ0) is 27.8. The number of halogens is 9. The van der Waals surface area contributed by atoms with Crippen molar-refractivity contribution in [2.75, 3.05) is 26.2 Å². The molecule has 6 nitrogen and oxygen atoms in total. The first-order chi connectivity index (χ1) is 16.9. The van der Waals surface area contributed by atoms with Gasteiger partial charge in [0, 0.05) is 32.7 Å². The lowest BCUT2D eigenvalue weighted by molar-refractivity contribution is -0.308. The van der Waals surface area contributed by atoms with Gasteiger partial charge in [0.05, 0.1) is 11.0 Å². The molecule has 2 fully saturated rings. The number of hydrogen-bond donors (Lipinski definition) is 1. The van der Waals surface area contributed by atoms with Gasteiger partial charge >= 0.3 is 30.6 Å². The van der Waals surface area contributed by atoms with Gasteiger partial charge in [-0.05, 0) is 30.0 Å². The maximum atomic E-state index is 13.7. The number of nitrogens with zero attached hydrogens (tertiary/aromatic N) is 2. The molecular formula is C22H23F9N2O4. The molecule has 1 saturated heterocycles. The fraction of sp³-hybridized carbons (Fsp3) is 0.636. The van der Waals surface area contributed by atoms with Crippen LogP contribution in [0.3, 0.4) is 0 Å². The van der Waals surface area contributed by atoms with E-state index in [9.17, 15) is 54.2 Å². The van der Waals surface area contributed by atoms with Gasteiger partial charge in [-0.25, -0.2) is 4.79 Å². The maximum absolute atomic E-state index is 13.7. The van der Waals surface area contributed by atoms with Crippen LogP contribution in [0.5, 0.6) is 0 Å². The highest BCUT2D eigenvalue weighted by Crippen LogP contribution is 2.47. The van der Waals surface area contributed by atoms with Crippen molar-refractivity contribution >= 4 is 12.1 Å². The SMILES string of the molecule is O=C(OC(C(F)(F)F)C(F)(F)F)N1CCN(Cc2ccc(C(F)(F)F)c(C3(C(=O)O)CCCC3)c2)CC1. The molecule has 0 radical (unpaired) electrons. The Morgan fingerprint density at radius 3 is 1.92 bits per heavy atom. The molecule has 0 spiro atoms. The monoisotopic (exact) mass is 550 g/mol. The Morgan fingerprint density at radius 2 is 1.46 bits per heavy atom. The summed E-state index contributed by atoms with van der Waals surface area (Å²) in [6, 6.07) is 3.20. The van der Waals surface area contributed by atoms with Gasteiger partial charge in [0.25, 0.3) is 6.10 Å². The van der Waals surface area contributed by atoms with E-state index in [4.69, 9.17) is 0 Å². The largest absolute Gasteiger partial charge is 0.481 e. The number of carboxylic acid groups (broad SMARTS) is 1. The van der Waals surface area contributed by atoms with Crippen molar-refractivity contribution in [2.45, 2.75) is 62.3 Å². The Labute approximate surface area is 204 Å². The van der Waals surface area contributed by atoms with Crippen LogP contribution in [0.25, 0.3) is 0 Å². The summed E-state index contributed by atoms with van der Waals surface area (Å²) in [6.45, 7) is -0.574. The predicted molar refractivity (Wildman–Crippen MR) is 108 cm³/mol. The van der Waals surface area contributed by atoms with Crippen LogP contribution in [0.1, 0.15) is 42.4 Å². The molecule has 1 saturated carbocycles. The molecule has 0 unspecified atom stereocenters. The number of carboxylic acids is 1. The predicted octanol–water partition coefficient (Wildman–Crippen LogP) is 5.35. The Kier molecular flexibility index (Phi) is 7.97. The van der Waals surface area contributed by atoms with Crippen molar-refractivity contribution in [3.05, 3.63) is 34.9 Å². The van der Waals surface area contributed by atoms with Gasteiger partial charge < -0.3 is 14.7 Å². The summed E-state index contributed by atoms with van der Waals surface area (Å²) in [5.74, 6) is -1.35. The van der Waals surface area contributed by atoms with E-state index < -0.39 is 47.7 Å². The smallest absolute Gasteiger partial charge is 0.434 e. The highest BCUT2D eigenvalue weighted by molar-refractivity contribution is 5.82. The summed E-state index contributed by atoms with van der Waals surface area (Å²) in [5.41, 5.74) is -2.72. The number of ether oxygens (including phenoxy) is 1. The van der Waals surface area contributed by atoms with Gasteiger partial charge in [0.15, 0.2) is 0 Å². The third-order valence-electron chi connectivity index (χ3n) is 6.62. The third-order valence-corrected chi connectivity index (χ3v) is 6.62. The van der Waals surface area contributed by atoms with E-state index in [2.05, 4.69) is 4.74 Å². The molecule has 0 atom stereocenters. The molecule has 1 aromatic carbocycles. The summed E-state index contributed by atoms with van der Waals surface area (Å²) in [4.78, 5) is 26.3. The average Bonchev–Trinajstić information content (AvgIpc) is 3.27. The maximum Gasteiger partial charge on any atom is 0.434 e. The van der Waals surface area contributed by atoms with Crippen LogP contribution in [0.4, 0.5) is 44.3 Å². The average molecular weight is 550 g/mol. The van der Waals surface area contributed by atoms with E-state index in [1.807, 2.05) is 0 Å². The lowest BCUT2D eigenvalue weighted by Crippen LogP contribution is -2.52. The van der Waals surface area contributed by atoms with Crippen molar-refractivity contribution in [1.82, 2.24) is 9.80 Å². The van der Waals surface area contributed by atoms with Crippen LogP contribution in [0.15, 0.2) is 18.2 Å². The number of rotatable bonds is 5. The van der Waals surface area contributed by atoms with Crippen molar-refractivity contribution in [3.8, 4) is 0 Å². The van der Waals surface area contributed by atoms with Crippen molar-refractivity contribution in [3.63, 3.8) is 0 Å². The van der Waals surface area contributed by atoms with Gasteiger partial charge in [-0.15, -0.1) is 0 Å². The number of carbonyl (C=O) groups is 2. The Balaban J connectivity index is 1.71. The minimum atomic E-state index is -5.84. The topological polar surface area (TPSA) is 70.1 Å². The highest BCUT2D eigenvalue weighted by Gasteiger charge is 2.60. The quantitative estimate of drug-likeness (QED) is 0.501. The zero-order valence-corrected chi connectivity index (χ0v) is 19.1. The third kappa shape index (κ3) is 6.41. The molecule has 15 heteroatoms. The zero-order valence-electron chi connectivity index (χ0n) is 19.1. The number of aliphatic carboxylic acids is 1. The molecule has 1 aromatic rings. The molecule has 1 N–H and O–H groups in total. The van der Waals surface area contributed by atoms with E-state index in [0.29, 0.717) is 23.3 Å². The number of piperazine rings is 1. The lowest BCUT2D eigenvalue weighted by atomic mass is 9.76. The van der Waals surface area contributed by atoms with Gasteiger partial charge in [-0.3, -0.25) is 9.69 Å². The number of hydrogen-bond acceptors (Lipinski definition) is 4. The number of alkyl halides is 9. The Hall–Kier alpha value is -2.71. The molecular weight excluding hydrogens is 527 g/mol. The van der Waals surface area contributed by atoms with E-state index in [1.54, 1.807) is 4.90 Å². The van der Waals surface area contributed by atoms with Gasteiger partial charge in [0.1, 0.15) is 0 Å². The summed E-state index contributed by atoms with van der Waals surface area (Å²) >= 11 is 0. The molecule has 37 heavy (non-hydrogen) atoms. The minimum Gasteiger partial charge on any atom is -0.481 e. The number of carbonyl (C=O) groups excluding carboxylic acids is 1. The summed E-state index contributed by atoms with van der Waals surface area (Å²) in [7, 11) is 0. The number of amides is 1. The summed E-state index contributed by atoms with van der Waals surface area (Å²) in [6.07, 6.45) is -21.5. The second kappa shape index (κ2) is 10.2. The first-order valence-electron chi connectivity index (χ1n) is 11.2. The molecule has 3 rings (SSSR count). The number of benzene rings is 1. The highest BCUT2D eigenvalue weighted by atomic mass is 19.4. The van der Waals surface area contributed by atoms with Crippen molar-refractivity contribution < 1.29 is 58.9 Å². The van der Waals surface area contributed by atoms with Crippen LogP contribution in [0, 0.1) is 0 Å². The normalized spacial score (nSPS) is 19.4. The molecule has 0 bridgehead atoms. The molecule has 2 aliphatic rings.